The van der Waals surface area contributed by atoms with Crippen molar-refractivity contribution in [3.05, 3.63) is 18.5 Å². The van der Waals surface area contributed by atoms with Crippen molar-refractivity contribution in [2.75, 3.05) is 11.4 Å². The van der Waals surface area contributed by atoms with Crippen molar-refractivity contribution in [3.63, 3.8) is 0 Å². The zero-order valence-electron chi connectivity index (χ0n) is 7.81. The van der Waals surface area contributed by atoms with E-state index in [4.69, 9.17) is 0 Å². The second-order valence-corrected chi connectivity index (χ2v) is 3.21. The lowest BCUT2D eigenvalue weighted by Crippen LogP contribution is -2.23. The van der Waals surface area contributed by atoms with Crippen molar-refractivity contribution in [3.8, 4) is 0 Å². The number of carbonyl (C=O) groups is 1. The number of anilines is 1. The summed E-state index contributed by atoms with van der Waals surface area (Å²) >= 11 is 0. The summed E-state index contributed by atoms with van der Waals surface area (Å²) in [6.07, 6.45) is 4.85. The molecule has 0 aromatic carbocycles. The Balaban J connectivity index is 2.31. The molecule has 1 aromatic rings. The molecule has 72 valence electrons. The maximum Gasteiger partial charge on any atom is 0.227 e. The van der Waals surface area contributed by atoms with Gasteiger partial charge in [0.25, 0.3) is 0 Å². The molecule has 1 aromatic heterocycles. The fourth-order valence-electron chi connectivity index (χ4n) is 1.57. The van der Waals surface area contributed by atoms with Gasteiger partial charge in [0.1, 0.15) is 0 Å². The number of aliphatic imine (C=N–C) groups is 1. The van der Waals surface area contributed by atoms with Crippen LogP contribution < -0.4 is 4.90 Å². The molecule has 4 heteroatoms. The Kier molecular flexibility index (Phi) is 2.26. The third kappa shape index (κ3) is 1.51. The minimum Gasteiger partial charge on any atom is -0.311 e. The van der Waals surface area contributed by atoms with Crippen LogP contribution in [0.3, 0.4) is 0 Å². The first kappa shape index (κ1) is 8.87. The molecule has 1 aliphatic rings. The molecule has 0 radical (unpaired) electrons. The largest absolute Gasteiger partial charge is 0.311 e. The van der Waals surface area contributed by atoms with Crippen LogP contribution in [-0.2, 0) is 4.79 Å². The predicted molar refractivity (Wildman–Crippen MR) is 55.0 cm³/mol. The van der Waals surface area contributed by atoms with Crippen molar-refractivity contribution >= 4 is 24.0 Å². The standard InChI is InChI=1S/C10H11N3O/c1-11-8-5-9(7-12-6-8)13-4-2-3-10(13)14/h5-7H,1-4H2. The van der Waals surface area contributed by atoms with E-state index < -0.39 is 0 Å². The molecule has 4 nitrogen and oxygen atoms in total. The van der Waals surface area contributed by atoms with Gasteiger partial charge >= 0.3 is 0 Å². The zero-order chi connectivity index (χ0) is 9.97. The Morgan fingerprint density at radius 3 is 3.00 bits per heavy atom. The topological polar surface area (TPSA) is 45.6 Å². The Morgan fingerprint density at radius 1 is 1.50 bits per heavy atom. The number of hydrogen-bond acceptors (Lipinski definition) is 3. The van der Waals surface area contributed by atoms with Gasteiger partial charge in [-0.1, -0.05) is 0 Å². The maximum atomic E-state index is 11.4. The number of amides is 1. The van der Waals surface area contributed by atoms with E-state index in [1.54, 1.807) is 17.3 Å². The normalized spacial score (nSPS) is 16.0. The Bertz CT molecular complexity index is 375. The lowest BCUT2D eigenvalue weighted by molar-refractivity contribution is -0.117. The van der Waals surface area contributed by atoms with Crippen LogP contribution in [0.5, 0.6) is 0 Å². The van der Waals surface area contributed by atoms with Gasteiger partial charge < -0.3 is 4.90 Å². The first-order valence-electron chi connectivity index (χ1n) is 4.53. The fourth-order valence-corrected chi connectivity index (χ4v) is 1.57. The van der Waals surface area contributed by atoms with Gasteiger partial charge in [-0.15, -0.1) is 0 Å². The van der Waals surface area contributed by atoms with E-state index >= 15 is 0 Å². The van der Waals surface area contributed by atoms with Gasteiger partial charge in [-0.2, -0.15) is 0 Å². The highest BCUT2D eigenvalue weighted by Crippen LogP contribution is 2.23. The quantitative estimate of drug-likeness (QED) is 0.662. The van der Waals surface area contributed by atoms with Crippen LogP contribution >= 0.6 is 0 Å². The van der Waals surface area contributed by atoms with Crippen LogP contribution in [0.2, 0.25) is 0 Å². The van der Waals surface area contributed by atoms with Crippen molar-refractivity contribution in [1.29, 1.82) is 0 Å². The zero-order valence-corrected chi connectivity index (χ0v) is 7.81. The highest BCUT2D eigenvalue weighted by Gasteiger charge is 2.21. The molecular weight excluding hydrogens is 178 g/mol. The van der Waals surface area contributed by atoms with Gasteiger partial charge in [-0.05, 0) is 19.2 Å². The van der Waals surface area contributed by atoms with E-state index in [-0.39, 0.29) is 5.91 Å². The second-order valence-electron chi connectivity index (χ2n) is 3.21. The van der Waals surface area contributed by atoms with E-state index in [0.717, 1.165) is 18.7 Å². The maximum absolute atomic E-state index is 11.4. The summed E-state index contributed by atoms with van der Waals surface area (Å²) in [5, 5.41) is 0. The molecule has 1 saturated heterocycles. The molecule has 2 heterocycles. The molecule has 0 saturated carbocycles. The van der Waals surface area contributed by atoms with E-state index in [0.29, 0.717) is 12.1 Å². The molecule has 1 fully saturated rings. The van der Waals surface area contributed by atoms with E-state index in [2.05, 4.69) is 16.7 Å². The molecule has 0 unspecified atom stereocenters. The fraction of sp³-hybridized carbons (Fsp3) is 0.300. The summed E-state index contributed by atoms with van der Waals surface area (Å²) in [6.45, 7) is 4.20. The molecule has 0 spiro atoms. The van der Waals surface area contributed by atoms with Gasteiger partial charge in [0.2, 0.25) is 5.91 Å². The minimum atomic E-state index is 0.160. The molecule has 0 atom stereocenters. The molecule has 0 aliphatic carbocycles. The van der Waals surface area contributed by atoms with Crippen LogP contribution in [0.25, 0.3) is 0 Å². The Labute approximate surface area is 82.3 Å². The van der Waals surface area contributed by atoms with Gasteiger partial charge in [-0.25, -0.2) is 0 Å². The average Bonchev–Trinajstić information content (AvgIpc) is 2.65. The summed E-state index contributed by atoms with van der Waals surface area (Å²) in [5.41, 5.74) is 1.51. The van der Waals surface area contributed by atoms with Crippen LogP contribution in [-0.4, -0.2) is 24.2 Å². The van der Waals surface area contributed by atoms with Gasteiger partial charge in [-0.3, -0.25) is 14.8 Å². The molecular formula is C10H11N3O. The summed E-state index contributed by atoms with van der Waals surface area (Å²) in [7, 11) is 0. The molecule has 1 aliphatic heterocycles. The molecule has 0 N–H and O–H groups in total. The predicted octanol–water partition coefficient (Wildman–Crippen LogP) is 1.54. The lowest BCUT2D eigenvalue weighted by Gasteiger charge is -2.14. The number of aromatic nitrogens is 1. The molecule has 0 bridgehead atoms. The van der Waals surface area contributed by atoms with Crippen molar-refractivity contribution in [1.82, 2.24) is 4.98 Å². The van der Waals surface area contributed by atoms with E-state index in [9.17, 15) is 4.79 Å². The molecule has 2 rings (SSSR count). The first-order chi connectivity index (χ1) is 6.81. The number of carbonyl (C=O) groups excluding carboxylic acids is 1. The lowest BCUT2D eigenvalue weighted by atomic mass is 10.3. The SMILES string of the molecule is C=Nc1cncc(N2CCCC2=O)c1. The van der Waals surface area contributed by atoms with Gasteiger partial charge in [0, 0.05) is 13.0 Å². The van der Waals surface area contributed by atoms with E-state index in [1.165, 1.54) is 0 Å². The van der Waals surface area contributed by atoms with Gasteiger partial charge in [0.15, 0.2) is 0 Å². The monoisotopic (exact) mass is 189 g/mol. The third-order valence-corrected chi connectivity index (χ3v) is 2.28. The summed E-state index contributed by atoms with van der Waals surface area (Å²) in [5.74, 6) is 0.160. The van der Waals surface area contributed by atoms with Crippen molar-refractivity contribution in [2.24, 2.45) is 4.99 Å². The minimum absolute atomic E-state index is 0.160. The highest BCUT2D eigenvalue weighted by molar-refractivity contribution is 5.95. The number of hydrogen-bond donors (Lipinski definition) is 0. The van der Waals surface area contributed by atoms with Crippen molar-refractivity contribution < 1.29 is 4.79 Å². The number of nitrogens with zero attached hydrogens (tertiary/aromatic N) is 3. The molecule has 14 heavy (non-hydrogen) atoms. The number of pyridine rings is 1. The third-order valence-electron chi connectivity index (χ3n) is 2.28. The van der Waals surface area contributed by atoms with E-state index in [1.807, 2.05) is 6.07 Å². The molecule has 1 amide bonds. The van der Waals surface area contributed by atoms with Crippen LogP contribution in [0.4, 0.5) is 11.4 Å². The van der Waals surface area contributed by atoms with Gasteiger partial charge in [0.05, 0.1) is 23.8 Å². The Hall–Kier alpha value is -1.71. The van der Waals surface area contributed by atoms with Crippen LogP contribution in [0, 0.1) is 0 Å². The van der Waals surface area contributed by atoms with Crippen LogP contribution in [0.15, 0.2) is 23.5 Å². The van der Waals surface area contributed by atoms with Crippen LogP contribution in [0.1, 0.15) is 12.8 Å². The smallest absolute Gasteiger partial charge is 0.227 e. The summed E-state index contributed by atoms with van der Waals surface area (Å²) < 4.78 is 0. The summed E-state index contributed by atoms with van der Waals surface area (Å²) in [6, 6.07) is 1.82. The average molecular weight is 189 g/mol. The summed E-state index contributed by atoms with van der Waals surface area (Å²) in [4.78, 5) is 20.9. The first-order valence-corrected chi connectivity index (χ1v) is 4.53. The van der Waals surface area contributed by atoms with Crippen molar-refractivity contribution in [2.45, 2.75) is 12.8 Å². The highest BCUT2D eigenvalue weighted by atomic mass is 16.2. The number of rotatable bonds is 2. The second kappa shape index (κ2) is 3.57. The Morgan fingerprint density at radius 2 is 2.36 bits per heavy atom.